The molecular formula is C22H26N6O3. The van der Waals surface area contributed by atoms with Gasteiger partial charge in [-0.25, -0.2) is 4.79 Å². The van der Waals surface area contributed by atoms with E-state index < -0.39 is 6.09 Å². The largest absolute Gasteiger partial charge is 0.465 e. The van der Waals surface area contributed by atoms with Crippen LogP contribution < -0.4 is 20.9 Å². The number of aliphatic imine (C=N–C) groups is 1. The fraction of sp³-hybridized carbons (Fsp3) is 0.318. The third-order valence-corrected chi connectivity index (χ3v) is 5.39. The van der Waals surface area contributed by atoms with Crippen molar-refractivity contribution >= 4 is 29.3 Å². The molecule has 1 fully saturated rings. The molecule has 2 aliphatic heterocycles. The normalized spacial score (nSPS) is 15.8. The Labute approximate surface area is 180 Å². The average molecular weight is 422 g/mol. The second kappa shape index (κ2) is 9.38. The number of amides is 2. The number of benzene rings is 2. The van der Waals surface area contributed by atoms with Gasteiger partial charge in [0.05, 0.1) is 6.54 Å². The number of rotatable bonds is 5. The fourth-order valence-electron chi connectivity index (χ4n) is 3.59. The van der Waals surface area contributed by atoms with Crippen molar-refractivity contribution in [3.05, 3.63) is 59.7 Å². The summed E-state index contributed by atoms with van der Waals surface area (Å²) >= 11 is 0. The molecule has 0 saturated carbocycles. The van der Waals surface area contributed by atoms with Crippen LogP contribution >= 0.6 is 0 Å². The molecule has 0 spiro atoms. The summed E-state index contributed by atoms with van der Waals surface area (Å²) in [5.41, 5.74) is 3.54. The van der Waals surface area contributed by atoms with E-state index in [1.807, 2.05) is 36.4 Å². The third kappa shape index (κ3) is 5.25. The molecule has 0 radical (unpaired) electrons. The van der Waals surface area contributed by atoms with Crippen LogP contribution in [0.25, 0.3) is 0 Å². The van der Waals surface area contributed by atoms with Crippen LogP contribution in [0.2, 0.25) is 0 Å². The number of anilines is 2. The predicted molar refractivity (Wildman–Crippen MR) is 120 cm³/mol. The van der Waals surface area contributed by atoms with E-state index in [0.717, 1.165) is 36.0 Å². The Balaban J connectivity index is 1.26. The molecule has 1 saturated heterocycles. The summed E-state index contributed by atoms with van der Waals surface area (Å²) < 4.78 is 0. The van der Waals surface area contributed by atoms with E-state index in [2.05, 4.69) is 25.8 Å². The quantitative estimate of drug-likeness (QED) is 0.585. The lowest BCUT2D eigenvalue weighted by molar-refractivity contribution is 0.0950. The molecule has 0 atom stereocenters. The Bertz CT molecular complexity index is 950. The van der Waals surface area contributed by atoms with Gasteiger partial charge in [-0.1, -0.05) is 12.1 Å². The molecule has 9 nitrogen and oxygen atoms in total. The molecule has 2 aliphatic rings. The first-order valence-electron chi connectivity index (χ1n) is 10.3. The van der Waals surface area contributed by atoms with Crippen molar-refractivity contribution in [2.45, 2.75) is 6.54 Å². The Morgan fingerprint density at radius 2 is 1.71 bits per heavy atom. The summed E-state index contributed by atoms with van der Waals surface area (Å²) in [7, 11) is 0. The second-order valence-electron chi connectivity index (χ2n) is 7.47. The lowest BCUT2D eigenvalue weighted by Crippen LogP contribution is -2.48. The van der Waals surface area contributed by atoms with E-state index in [0.29, 0.717) is 38.3 Å². The van der Waals surface area contributed by atoms with Crippen LogP contribution in [-0.4, -0.2) is 67.2 Å². The van der Waals surface area contributed by atoms with Crippen molar-refractivity contribution < 1.29 is 14.7 Å². The molecule has 162 valence electrons. The van der Waals surface area contributed by atoms with Gasteiger partial charge in [0.15, 0.2) is 5.96 Å². The minimum absolute atomic E-state index is 0.131. The summed E-state index contributed by atoms with van der Waals surface area (Å²) in [5, 5.41) is 18.4. The standard InChI is InChI=1S/C22H26N6O3/c29-20(25-15-16-1-5-18(6-2-16)26-21-23-9-10-24-21)17-3-7-19(8-4-17)27-11-13-28(14-12-27)22(30)31/h1-8H,9-15H2,(H,25,29)(H,30,31)(H2,23,24,26). The highest BCUT2D eigenvalue weighted by molar-refractivity contribution is 5.95. The maximum Gasteiger partial charge on any atom is 0.407 e. The SMILES string of the molecule is O=C(NCc1ccc(NC2=NCCN2)cc1)c1ccc(N2CCN(C(=O)O)CC2)cc1. The lowest BCUT2D eigenvalue weighted by atomic mass is 10.1. The molecule has 0 bridgehead atoms. The van der Waals surface area contributed by atoms with Gasteiger partial charge in [0.25, 0.3) is 5.91 Å². The van der Waals surface area contributed by atoms with Crippen LogP contribution in [0.1, 0.15) is 15.9 Å². The number of carboxylic acid groups (broad SMARTS) is 1. The van der Waals surface area contributed by atoms with Crippen molar-refractivity contribution in [2.75, 3.05) is 49.5 Å². The Morgan fingerprint density at radius 1 is 1.00 bits per heavy atom. The molecule has 0 aliphatic carbocycles. The van der Waals surface area contributed by atoms with E-state index in [1.165, 1.54) is 4.90 Å². The highest BCUT2D eigenvalue weighted by Gasteiger charge is 2.20. The molecule has 9 heteroatoms. The van der Waals surface area contributed by atoms with E-state index in [9.17, 15) is 9.59 Å². The molecule has 4 rings (SSSR count). The van der Waals surface area contributed by atoms with E-state index in [1.54, 1.807) is 12.1 Å². The van der Waals surface area contributed by atoms with Gasteiger partial charge in [0, 0.05) is 56.2 Å². The number of guanidine groups is 1. The maximum atomic E-state index is 12.5. The van der Waals surface area contributed by atoms with Crippen molar-refractivity contribution in [3.63, 3.8) is 0 Å². The number of hydrogen-bond acceptors (Lipinski definition) is 6. The molecule has 2 aromatic rings. The third-order valence-electron chi connectivity index (χ3n) is 5.39. The molecule has 31 heavy (non-hydrogen) atoms. The van der Waals surface area contributed by atoms with Gasteiger partial charge in [0.2, 0.25) is 0 Å². The first-order valence-corrected chi connectivity index (χ1v) is 10.3. The fourth-order valence-corrected chi connectivity index (χ4v) is 3.59. The molecular weight excluding hydrogens is 396 g/mol. The zero-order valence-corrected chi connectivity index (χ0v) is 17.2. The Hall–Kier alpha value is -3.75. The summed E-state index contributed by atoms with van der Waals surface area (Å²) in [6.07, 6.45) is -0.877. The van der Waals surface area contributed by atoms with Crippen molar-refractivity contribution in [2.24, 2.45) is 4.99 Å². The van der Waals surface area contributed by atoms with Crippen LogP contribution in [0.5, 0.6) is 0 Å². The highest BCUT2D eigenvalue weighted by Crippen LogP contribution is 2.18. The van der Waals surface area contributed by atoms with Gasteiger partial charge in [0.1, 0.15) is 0 Å². The van der Waals surface area contributed by atoms with Gasteiger partial charge in [-0.15, -0.1) is 0 Å². The maximum absolute atomic E-state index is 12.5. The van der Waals surface area contributed by atoms with Gasteiger partial charge in [-0.05, 0) is 42.0 Å². The number of hydrogen-bond donors (Lipinski definition) is 4. The van der Waals surface area contributed by atoms with Crippen molar-refractivity contribution in [1.82, 2.24) is 15.5 Å². The monoisotopic (exact) mass is 422 g/mol. The Morgan fingerprint density at radius 3 is 2.32 bits per heavy atom. The summed E-state index contributed by atoms with van der Waals surface area (Å²) in [5.74, 6) is 0.655. The van der Waals surface area contributed by atoms with Crippen LogP contribution in [0.3, 0.4) is 0 Å². The Kier molecular flexibility index (Phi) is 6.21. The minimum atomic E-state index is -0.877. The van der Waals surface area contributed by atoms with E-state index in [-0.39, 0.29) is 5.91 Å². The number of carbonyl (C=O) groups is 2. The second-order valence-corrected chi connectivity index (χ2v) is 7.47. The van der Waals surface area contributed by atoms with Crippen LogP contribution in [0.15, 0.2) is 53.5 Å². The van der Waals surface area contributed by atoms with Gasteiger partial charge in [-0.2, -0.15) is 0 Å². The van der Waals surface area contributed by atoms with Gasteiger partial charge >= 0.3 is 6.09 Å². The molecule has 2 amide bonds. The zero-order valence-electron chi connectivity index (χ0n) is 17.2. The first kappa shape index (κ1) is 20.5. The van der Waals surface area contributed by atoms with Gasteiger partial charge < -0.3 is 30.9 Å². The number of nitrogens with zero attached hydrogens (tertiary/aromatic N) is 3. The smallest absolute Gasteiger partial charge is 0.407 e. The minimum Gasteiger partial charge on any atom is -0.465 e. The number of carbonyl (C=O) groups excluding carboxylic acids is 1. The average Bonchev–Trinajstić information content (AvgIpc) is 3.32. The first-order chi connectivity index (χ1) is 15.1. The topological polar surface area (TPSA) is 109 Å². The molecule has 2 heterocycles. The van der Waals surface area contributed by atoms with Crippen molar-refractivity contribution in [3.8, 4) is 0 Å². The molecule has 2 aromatic carbocycles. The number of piperazine rings is 1. The highest BCUT2D eigenvalue weighted by atomic mass is 16.4. The summed E-state index contributed by atoms with van der Waals surface area (Å²) in [4.78, 5) is 31.4. The summed E-state index contributed by atoms with van der Waals surface area (Å²) in [6.45, 7) is 4.34. The van der Waals surface area contributed by atoms with Crippen LogP contribution in [-0.2, 0) is 6.54 Å². The van der Waals surface area contributed by atoms with Crippen molar-refractivity contribution in [1.29, 1.82) is 0 Å². The van der Waals surface area contributed by atoms with E-state index in [4.69, 9.17) is 5.11 Å². The lowest BCUT2D eigenvalue weighted by Gasteiger charge is -2.34. The molecule has 4 N–H and O–H groups in total. The molecule has 0 unspecified atom stereocenters. The molecule has 0 aromatic heterocycles. The predicted octanol–water partition coefficient (Wildman–Crippen LogP) is 1.79. The van der Waals surface area contributed by atoms with Gasteiger partial charge in [-0.3, -0.25) is 9.79 Å². The zero-order chi connectivity index (χ0) is 21.6. The summed E-state index contributed by atoms with van der Waals surface area (Å²) in [6, 6.07) is 15.3. The van der Waals surface area contributed by atoms with Crippen LogP contribution in [0, 0.1) is 0 Å². The number of nitrogens with one attached hydrogen (secondary N) is 3. The van der Waals surface area contributed by atoms with Crippen LogP contribution in [0.4, 0.5) is 16.2 Å². The van der Waals surface area contributed by atoms with E-state index >= 15 is 0 Å².